The van der Waals surface area contributed by atoms with Crippen molar-refractivity contribution in [3.63, 3.8) is 0 Å². The van der Waals surface area contributed by atoms with E-state index in [1.165, 1.54) is 24.3 Å². The number of fused-ring (bicyclic) bond motifs is 3. The minimum Gasteiger partial charge on any atom is -0.490 e. The van der Waals surface area contributed by atoms with E-state index in [2.05, 4.69) is 0 Å². The first kappa shape index (κ1) is 20.3. The number of hydrogen-bond donors (Lipinski definition) is 0. The van der Waals surface area contributed by atoms with Crippen LogP contribution in [0.5, 0.6) is 5.75 Å². The van der Waals surface area contributed by atoms with E-state index in [0.717, 1.165) is 12.1 Å². The number of sulfone groups is 1. The molecule has 0 unspecified atom stereocenters. The van der Waals surface area contributed by atoms with E-state index >= 15 is 4.39 Å². The number of carbonyl (C=O) groups is 1. The summed E-state index contributed by atoms with van der Waals surface area (Å²) in [5, 5.41) is 0.341. The Morgan fingerprint density at radius 1 is 1.14 bits per heavy atom. The van der Waals surface area contributed by atoms with Crippen LogP contribution in [0.1, 0.15) is 18.4 Å². The fraction of sp³-hybridized carbons (Fsp3) is 0.350. The molecule has 154 valence electrons. The molecule has 0 saturated carbocycles. The number of rotatable bonds is 4. The van der Waals surface area contributed by atoms with E-state index in [4.69, 9.17) is 21.1 Å². The molecule has 0 N–H and O–H groups in total. The van der Waals surface area contributed by atoms with E-state index in [0.29, 0.717) is 11.3 Å². The van der Waals surface area contributed by atoms with Gasteiger partial charge < -0.3 is 14.3 Å². The highest BCUT2D eigenvalue weighted by Crippen LogP contribution is 2.55. The third-order valence-corrected chi connectivity index (χ3v) is 8.49. The number of carbonyl (C=O) groups excluding carboxylic acids is 1. The number of aldehydes is 1. The Kier molecular flexibility index (Phi) is 5.13. The van der Waals surface area contributed by atoms with E-state index in [9.17, 15) is 17.6 Å². The van der Waals surface area contributed by atoms with Gasteiger partial charge in [0.15, 0.2) is 21.4 Å². The average molecular weight is 443 g/mol. The standard InChI is InChI=1S/C20H17ClF2O5S/c21-12-1-3-13(4-2-12)29(25,26)20-8-10-27-17(7-9-24)14(20)11-28-19-16(23)6-5-15(22)18(19)20/h1-6,9,14,17H,7-8,10-11H2/t14-,17-,20-/m1/s1. The lowest BCUT2D eigenvalue weighted by molar-refractivity contribution is -0.117. The third kappa shape index (κ3) is 2.96. The molecule has 2 aliphatic rings. The van der Waals surface area contributed by atoms with E-state index in [1.54, 1.807) is 0 Å². The molecule has 0 spiro atoms. The maximum absolute atomic E-state index is 15.0. The minimum atomic E-state index is -4.25. The molecule has 2 aliphatic heterocycles. The van der Waals surface area contributed by atoms with Crippen molar-refractivity contribution < 1.29 is 31.5 Å². The number of hydrogen-bond acceptors (Lipinski definition) is 5. The molecule has 0 aromatic heterocycles. The van der Waals surface area contributed by atoms with Gasteiger partial charge in [-0.2, -0.15) is 0 Å². The van der Waals surface area contributed by atoms with Crippen molar-refractivity contribution in [2.24, 2.45) is 5.92 Å². The maximum atomic E-state index is 15.0. The first-order valence-corrected chi connectivity index (χ1v) is 10.9. The molecule has 2 aromatic carbocycles. The number of benzene rings is 2. The van der Waals surface area contributed by atoms with Crippen LogP contribution in [0.2, 0.25) is 5.02 Å². The van der Waals surface area contributed by atoms with Crippen molar-refractivity contribution in [2.45, 2.75) is 28.6 Å². The summed E-state index contributed by atoms with van der Waals surface area (Å²) < 4.78 is 66.6. The zero-order valence-electron chi connectivity index (χ0n) is 15.1. The summed E-state index contributed by atoms with van der Waals surface area (Å²) in [6, 6.07) is 7.30. The highest BCUT2D eigenvalue weighted by Gasteiger charge is 2.61. The smallest absolute Gasteiger partial charge is 0.189 e. The van der Waals surface area contributed by atoms with Gasteiger partial charge in [0.1, 0.15) is 16.9 Å². The summed E-state index contributed by atoms with van der Waals surface area (Å²) in [6.45, 7) is -0.254. The Bertz CT molecular complexity index is 1060. The predicted molar refractivity (Wildman–Crippen MR) is 101 cm³/mol. The first-order chi connectivity index (χ1) is 13.8. The van der Waals surface area contributed by atoms with Gasteiger partial charge in [-0.15, -0.1) is 0 Å². The van der Waals surface area contributed by atoms with Crippen LogP contribution >= 0.6 is 11.6 Å². The van der Waals surface area contributed by atoms with Gasteiger partial charge in [0.05, 0.1) is 23.2 Å². The molecule has 1 fully saturated rings. The fourth-order valence-electron chi connectivity index (χ4n) is 4.38. The van der Waals surface area contributed by atoms with Crippen molar-refractivity contribution in [3.05, 3.63) is 58.6 Å². The molecule has 5 nitrogen and oxygen atoms in total. The SMILES string of the molecule is O=CC[C@H]1OCC[C@]2(S(=O)(=O)c3ccc(Cl)cc3)c3c(F)ccc(F)c3OC[C@H]12. The quantitative estimate of drug-likeness (QED) is 0.676. The van der Waals surface area contributed by atoms with Gasteiger partial charge in [-0.1, -0.05) is 11.6 Å². The zero-order chi connectivity index (χ0) is 20.8. The Morgan fingerprint density at radius 2 is 1.83 bits per heavy atom. The Hall–Kier alpha value is -2.03. The van der Waals surface area contributed by atoms with Crippen molar-refractivity contribution in [3.8, 4) is 5.75 Å². The summed E-state index contributed by atoms with van der Waals surface area (Å²) in [7, 11) is -4.25. The summed E-state index contributed by atoms with van der Waals surface area (Å²) in [6.07, 6.45) is -0.376. The van der Waals surface area contributed by atoms with Gasteiger partial charge in [-0.25, -0.2) is 17.2 Å². The monoisotopic (exact) mass is 442 g/mol. The highest BCUT2D eigenvalue weighted by molar-refractivity contribution is 7.92. The topological polar surface area (TPSA) is 69.7 Å². The Balaban J connectivity index is 2.03. The van der Waals surface area contributed by atoms with Gasteiger partial charge in [-0.3, -0.25) is 0 Å². The Morgan fingerprint density at radius 3 is 2.52 bits per heavy atom. The second-order valence-electron chi connectivity index (χ2n) is 7.06. The summed E-state index contributed by atoms with van der Waals surface area (Å²) >= 11 is 5.89. The summed E-state index contributed by atoms with van der Waals surface area (Å²) in [5.41, 5.74) is -0.345. The largest absolute Gasteiger partial charge is 0.490 e. The molecule has 0 amide bonds. The third-order valence-electron chi connectivity index (χ3n) is 5.67. The molecule has 0 bridgehead atoms. The lowest BCUT2D eigenvalue weighted by Crippen LogP contribution is -2.57. The van der Waals surface area contributed by atoms with E-state index < -0.39 is 44.0 Å². The van der Waals surface area contributed by atoms with Crippen LogP contribution in [0.4, 0.5) is 8.78 Å². The van der Waals surface area contributed by atoms with Crippen LogP contribution in [0, 0.1) is 17.6 Å². The van der Waals surface area contributed by atoms with Crippen molar-refractivity contribution >= 4 is 27.7 Å². The molecule has 0 radical (unpaired) electrons. The number of ether oxygens (including phenoxy) is 2. The summed E-state index contributed by atoms with van der Waals surface area (Å²) in [4.78, 5) is 11.1. The molecule has 2 heterocycles. The number of halogens is 3. The van der Waals surface area contributed by atoms with Crippen molar-refractivity contribution in [1.82, 2.24) is 0 Å². The lowest BCUT2D eigenvalue weighted by Gasteiger charge is -2.49. The molecule has 1 saturated heterocycles. The predicted octanol–water partition coefficient (Wildman–Crippen LogP) is 3.67. The van der Waals surface area contributed by atoms with Gasteiger partial charge >= 0.3 is 0 Å². The molecule has 29 heavy (non-hydrogen) atoms. The molecular formula is C20H17ClF2O5S. The van der Waals surface area contributed by atoms with Crippen molar-refractivity contribution in [1.29, 1.82) is 0 Å². The van der Waals surface area contributed by atoms with E-state index in [-0.39, 0.29) is 36.5 Å². The van der Waals surface area contributed by atoms with Crippen LogP contribution in [0.25, 0.3) is 0 Å². The average Bonchev–Trinajstić information content (AvgIpc) is 2.71. The van der Waals surface area contributed by atoms with E-state index in [1.807, 2.05) is 0 Å². The second-order valence-corrected chi connectivity index (χ2v) is 9.70. The van der Waals surface area contributed by atoms with Gasteiger partial charge in [0.25, 0.3) is 0 Å². The lowest BCUT2D eigenvalue weighted by atomic mass is 9.75. The van der Waals surface area contributed by atoms with Gasteiger partial charge in [0.2, 0.25) is 0 Å². The molecule has 9 heteroatoms. The van der Waals surface area contributed by atoms with Gasteiger partial charge in [0, 0.05) is 24.0 Å². The molecule has 2 aromatic rings. The Labute approximate surface area is 171 Å². The van der Waals surface area contributed by atoms with Gasteiger partial charge in [-0.05, 0) is 42.8 Å². The van der Waals surface area contributed by atoms with Crippen LogP contribution in [-0.2, 0) is 24.1 Å². The normalized spacial score (nSPS) is 26.2. The molecule has 0 aliphatic carbocycles. The zero-order valence-corrected chi connectivity index (χ0v) is 16.7. The van der Waals surface area contributed by atoms with Crippen molar-refractivity contribution in [2.75, 3.05) is 13.2 Å². The highest BCUT2D eigenvalue weighted by atomic mass is 35.5. The molecule has 3 atom stereocenters. The second kappa shape index (κ2) is 7.34. The van der Waals surface area contributed by atoms with Crippen LogP contribution in [0.3, 0.4) is 0 Å². The van der Waals surface area contributed by atoms with Crippen LogP contribution in [0.15, 0.2) is 41.3 Å². The first-order valence-electron chi connectivity index (χ1n) is 8.99. The maximum Gasteiger partial charge on any atom is 0.189 e. The molecule has 4 rings (SSSR count). The molecular weight excluding hydrogens is 426 g/mol. The van der Waals surface area contributed by atoms with Crippen LogP contribution < -0.4 is 4.74 Å². The summed E-state index contributed by atoms with van der Waals surface area (Å²) in [5.74, 6) is -3.03. The fourth-order valence-corrected chi connectivity index (χ4v) is 6.85. The minimum absolute atomic E-state index is 0.0305. The van der Waals surface area contributed by atoms with Crippen LogP contribution in [-0.4, -0.2) is 34.0 Å².